The lowest BCUT2D eigenvalue weighted by Gasteiger charge is -2.34. The van der Waals surface area contributed by atoms with Gasteiger partial charge in [-0.1, -0.05) is 0 Å². The molecule has 0 aliphatic carbocycles. The van der Waals surface area contributed by atoms with Gasteiger partial charge in [-0.05, 0) is 43.5 Å². The Labute approximate surface area is 195 Å². The summed E-state index contributed by atoms with van der Waals surface area (Å²) in [6.45, 7) is 4.34. The van der Waals surface area contributed by atoms with Gasteiger partial charge in [0.25, 0.3) is 12.3 Å². The molecule has 1 unspecified atom stereocenters. The highest BCUT2D eigenvalue weighted by molar-refractivity contribution is 5.97. The van der Waals surface area contributed by atoms with Crippen LogP contribution in [0.15, 0.2) is 36.8 Å². The second-order valence-corrected chi connectivity index (χ2v) is 8.04. The predicted molar refractivity (Wildman–Crippen MR) is 121 cm³/mol. The lowest BCUT2D eigenvalue weighted by Crippen LogP contribution is -2.40. The van der Waals surface area contributed by atoms with Crippen molar-refractivity contribution in [2.24, 2.45) is 0 Å². The Balaban J connectivity index is 1.68. The number of ether oxygens (including phenoxy) is 1. The summed E-state index contributed by atoms with van der Waals surface area (Å²) < 4.78 is 48.9. The first-order valence-corrected chi connectivity index (χ1v) is 11.1. The molecule has 3 heterocycles. The number of fused-ring (bicyclic) bond motifs is 1. The number of amides is 1. The second kappa shape index (κ2) is 9.74. The van der Waals surface area contributed by atoms with Gasteiger partial charge in [-0.2, -0.15) is 0 Å². The summed E-state index contributed by atoms with van der Waals surface area (Å²) in [5, 5.41) is 2.95. The van der Waals surface area contributed by atoms with Crippen LogP contribution in [0.4, 0.5) is 19.1 Å². The first-order chi connectivity index (χ1) is 16.3. The number of rotatable bonds is 8. The van der Waals surface area contributed by atoms with Gasteiger partial charge in [0, 0.05) is 43.2 Å². The second-order valence-electron chi connectivity index (χ2n) is 8.04. The Hall–Kier alpha value is -3.56. The van der Waals surface area contributed by atoms with Gasteiger partial charge in [0.15, 0.2) is 11.6 Å². The SMILES string of the molecule is CCOc1cc(C(C)N2CCc3c(cc(Cn4ccnc4NC)cc3C(F)F)C2=O)ncc1F. The fourth-order valence-electron chi connectivity index (χ4n) is 4.32. The molecule has 34 heavy (non-hydrogen) atoms. The molecule has 1 aromatic carbocycles. The molecular weight excluding hydrogens is 447 g/mol. The Bertz CT molecular complexity index is 1200. The van der Waals surface area contributed by atoms with Crippen LogP contribution in [-0.2, 0) is 13.0 Å². The van der Waals surface area contributed by atoms with Gasteiger partial charge in [-0.25, -0.2) is 18.2 Å². The molecule has 0 fully saturated rings. The third-order valence-electron chi connectivity index (χ3n) is 6.00. The number of pyridine rings is 1. The van der Waals surface area contributed by atoms with E-state index in [9.17, 15) is 18.0 Å². The van der Waals surface area contributed by atoms with E-state index in [1.807, 2.05) is 0 Å². The summed E-state index contributed by atoms with van der Waals surface area (Å²) in [6.07, 6.45) is 2.00. The van der Waals surface area contributed by atoms with Crippen LogP contribution in [-0.4, -0.2) is 45.5 Å². The Morgan fingerprint density at radius 1 is 1.24 bits per heavy atom. The fraction of sp³-hybridized carbons (Fsp3) is 0.375. The van der Waals surface area contributed by atoms with Gasteiger partial charge in [-0.15, -0.1) is 0 Å². The number of imidazole rings is 1. The normalized spacial score (nSPS) is 14.3. The zero-order valence-electron chi connectivity index (χ0n) is 19.2. The van der Waals surface area contributed by atoms with Crippen LogP contribution in [0, 0.1) is 5.82 Å². The molecule has 0 saturated carbocycles. The predicted octanol–water partition coefficient (Wildman–Crippen LogP) is 4.60. The molecule has 10 heteroatoms. The van der Waals surface area contributed by atoms with E-state index >= 15 is 0 Å². The maximum atomic E-state index is 14.0. The third kappa shape index (κ3) is 4.44. The van der Waals surface area contributed by atoms with Crippen molar-refractivity contribution in [3.63, 3.8) is 0 Å². The van der Waals surface area contributed by atoms with Crippen molar-refractivity contribution >= 4 is 11.9 Å². The van der Waals surface area contributed by atoms with Crippen LogP contribution in [0.2, 0.25) is 0 Å². The largest absolute Gasteiger partial charge is 0.491 e. The van der Waals surface area contributed by atoms with Crippen molar-refractivity contribution in [3.8, 4) is 5.75 Å². The number of nitrogens with zero attached hydrogens (tertiary/aromatic N) is 4. The summed E-state index contributed by atoms with van der Waals surface area (Å²) in [6, 6.07) is 4.12. The standard InChI is InChI=1S/C24H26F3N5O2/c1-4-34-21-11-20(30-12-19(21)25)14(2)32-7-5-16-17(22(26)27)9-15(10-18(16)23(32)33)13-31-8-6-29-24(31)28-3/h6,8-12,14,22H,4-5,7,13H2,1-3H3,(H,28,29). The zero-order chi connectivity index (χ0) is 24.4. The van der Waals surface area contributed by atoms with Gasteiger partial charge in [-0.3, -0.25) is 9.78 Å². The number of halogens is 3. The highest BCUT2D eigenvalue weighted by atomic mass is 19.3. The Morgan fingerprint density at radius 3 is 2.74 bits per heavy atom. The minimum atomic E-state index is -2.70. The van der Waals surface area contributed by atoms with Crippen LogP contribution < -0.4 is 10.1 Å². The van der Waals surface area contributed by atoms with Crippen LogP contribution in [0.1, 0.15) is 59.1 Å². The molecule has 1 atom stereocenters. The van der Waals surface area contributed by atoms with Crippen LogP contribution >= 0.6 is 0 Å². The summed E-state index contributed by atoms with van der Waals surface area (Å²) in [5.74, 6) is -0.293. The summed E-state index contributed by atoms with van der Waals surface area (Å²) in [5.41, 5.74) is 1.53. The highest BCUT2D eigenvalue weighted by Gasteiger charge is 2.33. The Morgan fingerprint density at radius 2 is 2.03 bits per heavy atom. The average Bonchev–Trinajstić information content (AvgIpc) is 3.27. The van der Waals surface area contributed by atoms with Crippen molar-refractivity contribution in [1.82, 2.24) is 19.4 Å². The minimum absolute atomic E-state index is 0.0622. The first-order valence-electron chi connectivity index (χ1n) is 11.1. The van der Waals surface area contributed by atoms with E-state index in [-0.39, 0.29) is 48.9 Å². The van der Waals surface area contributed by atoms with Crippen molar-refractivity contribution in [1.29, 1.82) is 0 Å². The number of hydrogen-bond acceptors (Lipinski definition) is 5. The van der Waals surface area contributed by atoms with Crippen molar-refractivity contribution in [2.75, 3.05) is 25.5 Å². The van der Waals surface area contributed by atoms with E-state index in [4.69, 9.17) is 4.74 Å². The average molecular weight is 473 g/mol. The molecule has 0 spiro atoms. The fourth-order valence-corrected chi connectivity index (χ4v) is 4.32. The van der Waals surface area contributed by atoms with Crippen LogP contribution in [0.25, 0.3) is 0 Å². The zero-order valence-corrected chi connectivity index (χ0v) is 19.2. The monoisotopic (exact) mass is 473 g/mol. The van der Waals surface area contributed by atoms with Gasteiger partial charge < -0.3 is 19.5 Å². The van der Waals surface area contributed by atoms with E-state index in [0.717, 1.165) is 6.20 Å². The number of alkyl halides is 2. The van der Waals surface area contributed by atoms with Crippen molar-refractivity contribution in [2.45, 2.75) is 39.3 Å². The summed E-state index contributed by atoms with van der Waals surface area (Å²) in [4.78, 5) is 23.4. The lowest BCUT2D eigenvalue weighted by atomic mass is 9.90. The number of carbonyl (C=O) groups excluding carboxylic acids is 1. The summed E-state index contributed by atoms with van der Waals surface area (Å²) in [7, 11) is 1.72. The smallest absolute Gasteiger partial charge is 0.264 e. The Kier molecular flexibility index (Phi) is 6.76. The van der Waals surface area contributed by atoms with E-state index in [2.05, 4.69) is 15.3 Å². The maximum Gasteiger partial charge on any atom is 0.264 e. The van der Waals surface area contributed by atoms with E-state index in [0.29, 0.717) is 22.8 Å². The van der Waals surface area contributed by atoms with Crippen molar-refractivity contribution < 1.29 is 22.7 Å². The summed E-state index contributed by atoms with van der Waals surface area (Å²) >= 11 is 0. The molecule has 0 bridgehead atoms. The third-order valence-corrected chi connectivity index (χ3v) is 6.00. The molecule has 1 N–H and O–H groups in total. The maximum absolute atomic E-state index is 14.0. The number of hydrogen-bond donors (Lipinski definition) is 1. The molecule has 2 aromatic heterocycles. The van der Waals surface area contributed by atoms with E-state index in [1.165, 1.54) is 12.1 Å². The molecular formula is C24H26F3N5O2. The van der Waals surface area contributed by atoms with E-state index < -0.39 is 18.3 Å². The number of nitrogens with one attached hydrogen (secondary N) is 1. The van der Waals surface area contributed by atoms with Gasteiger partial charge >= 0.3 is 0 Å². The molecule has 3 aromatic rings. The molecule has 180 valence electrons. The molecule has 1 amide bonds. The number of anilines is 1. The topological polar surface area (TPSA) is 72.3 Å². The number of benzene rings is 1. The van der Waals surface area contributed by atoms with Gasteiger partial charge in [0.05, 0.1) is 31.1 Å². The number of carbonyl (C=O) groups is 1. The van der Waals surface area contributed by atoms with Gasteiger partial charge in [0.2, 0.25) is 5.95 Å². The minimum Gasteiger partial charge on any atom is -0.491 e. The van der Waals surface area contributed by atoms with Crippen LogP contribution in [0.3, 0.4) is 0 Å². The quantitative estimate of drug-likeness (QED) is 0.518. The molecule has 1 aliphatic heterocycles. The first kappa shape index (κ1) is 23.6. The van der Waals surface area contributed by atoms with Gasteiger partial charge in [0.1, 0.15) is 0 Å². The molecule has 4 rings (SSSR count). The highest BCUT2D eigenvalue weighted by Crippen LogP contribution is 2.34. The molecule has 0 radical (unpaired) electrons. The molecule has 1 aliphatic rings. The van der Waals surface area contributed by atoms with Crippen molar-refractivity contribution in [3.05, 3.63) is 70.6 Å². The molecule has 7 nitrogen and oxygen atoms in total. The van der Waals surface area contributed by atoms with E-state index in [1.54, 1.807) is 48.8 Å². The molecule has 0 saturated heterocycles. The number of aromatic nitrogens is 3. The lowest BCUT2D eigenvalue weighted by molar-refractivity contribution is 0.0665. The van der Waals surface area contributed by atoms with Crippen LogP contribution in [0.5, 0.6) is 5.75 Å².